The molecule has 1 aliphatic heterocycles. The zero-order chi connectivity index (χ0) is 11.7. The van der Waals surface area contributed by atoms with E-state index in [2.05, 4.69) is 10.1 Å². The SMILES string of the molecule is NCc1ccn2nc(C3CCCOC3)nc2c1. The van der Waals surface area contributed by atoms with E-state index in [-0.39, 0.29) is 0 Å². The Morgan fingerprint density at radius 2 is 2.47 bits per heavy atom. The monoisotopic (exact) mass is 232 g/mol. The lowest BCUT2D eigenvalue weighted by Gasteiger charge is -2.18. The highest BCUT2D eigenvalue weighted by atomic mass is 16.5. The average Bonchev–Trinajstić information content (AvgIpc) is 2.82. The lowest BCUT2D eigenvalue weighted by molar-refractivity contribution is 0.0781. The number of pyridine rings is 1. The summed E-state index contributed by atoms with van der Waals surface area (Å²) in [6, 6.07) is 3.96. The van der Waals surface area contributed by atoms with Crippen LogP contribution in [-0.4, -0.2) is 27.8 Å². The highest BCUT2D eigenvalue weighted by Crippen LogP contribution is 2.23. The lowest BCUT2D eigenvalue weighted by Crippen LogP contribution is -2.16. The quantitative estimate of drug-likeness (QED) is 0.841. The second-order valence-corrected chi connectivity index (χ2v) is 4.43. The van der Waals surface area contributed by atoms with Crippen molar-refractivity contribution < 1.29 is 4.74 Å². The van der Waals surface area contributed by atoms with Crippen molar-refractivity contribution >= 4 is 5.65 Å². The highest BCUT2D eigenvalue weighted by molar-refractivity contribution is 5.40. The molecule has 0 aromatic carbocycles. The summed E-state index contributed by atoms with van der Waals surface area (Å²) in [4.78, 5) is 4.56. The molecule has 3 rings (SSSR count). The first kappa shape index (κ1) is 10.7. The summed E-state index contributed by atoms with van der Waals surface area (Å²) < 4.78 is 7.28. The minimum atomic E-state index is 0.338. The van der Waals surface area contributed by atoms with Crippen molar-refractivity contribution in [3.63, 3.8) is 0 Å². The lowest BCUT2D eigenvalue weighted by atomic mass is 10.0. The number of hydrogen-bond acceptors (Lipinski definition) is 4. The highest BCUT2D eigenvalue weighted by Gasteiger charge is 2.20. The number of aromatic nitrogens is 3. The van der Waals surface area contributed by atoms with Crippen molar-refractivity contribution in [3.05, 3.63) is 29.7 Å². The topological polar surface area (TPSA) is 65.4 Å². The van der Waals surface area contributed by atoms with Crippen LogP contribution in [-0.2, 0) is 11.3 Å². The summed E-state index contributed by atoms with van der Waals surface area (Å²) in [7, 11) is 0. The number of hydrogen-bond donors (Lipinski definition) is 1. The van der Waals surface area contributed by atoms with Gasteiger partial charge in [-0.15, -0.1) is 0 Å². The van der Waals surface area contributed by atoms with Crippen LogP contribution in [0.15, 0.2) is 18.3 Å². The fraction of sp³-hybridized carbons (Fsp3) is 0.500. The smallest absolute Gasteiger partial charge is 0.157 e. The molecule has 0 aliphatic carbocycles. The van der Waals surface area contributed by atoms with Gasteiger partial charge < -0.3 is 10.5 Å². The van der Waals surface area contributed by atoms with Crippen LogP contribution in [0, 0.1) is 0 Å². The molecule has 0 spiro atoms. The van der Waals surface area contributed by atoms with Crippen LogP contribution in [0.1, 0.15) is 30.1 Å². The maximum atomic E-state index is 5.61. The minimum Gasteiger partial charge on any atom is -0.381 e. The standard InChI is InChI=1S/C12H16N4O/c13-7-9-3-4-16-11(6-9)14-12(15-16)10-2-1-5-17-8-10/h3-4,6,10H,1-2,5,7-8,13H2. The summed E-state index contributed by atoms with van der Waals surface area (Å²) in [5, 5.41) is 4.50. The molecule has 90 valence electrons. The fourth-order valence-corrected chi connectivity index (χ4v) is 2.19. The molecule has 1 atom stereocenters. The Bertz CT molecular complexity index is 516. The first-order valence-electron chi connectivity index (χ1n) is 6.00. The first-order valence-corrected chi connectivity index (χ1v) is 6.00. The van der Waals surface area contributed by atoms with Crippen LogP contribution in [0.4, 0.5) is 0 Å². The van der Waals surface area contributed by atoms with Gasteiger partial charge in [-0.05, 0) is 30.5 Å². The summed E-state index contributed by atoms with van der Waals surface area (Å²) in [6.07, 6.45) is 4.12. The van der Waals surface area contributed by atoms with Crippen LogP contribution in [0.5, 0.6) is 0 Å². The van der Waals surface area contributed by atoms with Crippen LogP contribution in [0.25, 0.3) is 5.65 Å². The Kier molecular flexibility index (Phi) is 2.78. The largest absolute Gasteiger partial charge is 0.381 e. The third-order valence-electron chi connectivity index (χ3n) is 3.18. The van der Waals surface area contributed by atoms with E-state index in [1.54, 1.807) is 0 Å². The number of fused-ring (bicyclic) bond motifs is 1. The molecule has 0 radical (unpaired) electrons. The molecular formula is C12H16N4O. The van der Waals surface area contributed by atoms with Gasteiger partial charge in [0, 0.05) is 25.3 Å². The minimum absolute atomic E-state index is 0.338. The van der Waals surface area contributed by atoms with Gasteiger partial charge in [-0.2, -0.15) is 5.10 Å². The van der Waals surface area contributed by atoms with Gasteiger partial charge in [0.25, 0.3) is 0 Å². The molecule has 0 amide bonds. The maximum Gasteiger partial charge on any atom is 0.157 e. The maximum absolute atomic E-state index is 5.61. The molecule has 2 aromatic heterocycles. The number of ether oxygens (including phenoxy) is 1. The molecular weight excluding hydrogens is 216 g/mol. The van der Waals surface area contributed by atoms with Gasteiger partial charge in [-0.3, -0.25) is 0 Å². The molecule has 0 saturated carbocycles. The summed E-state index contributed by atoms with van der Waals surface area (Å²) in [5.74, 6) is 1.23. The van der Waals surface area contributed by atoms with Gasteiger partial charge >= 0.3 is 0 Å². The van der Waals surface area contributed by atoms with Crippen LogP contribution in [0.3, 0.4) is 0 Å². The second-order valence-electron chi connectivity index (χ2n) is 4.43. The molecule has 5 heteroatoms. The molecule has 1 fully saturated rings. The zero-order valence-corrected chi connectivity index (χ0v) is 9.67. The van der Waals surface area contributed by atoms with Gasteiger partial charge in [0.2, 0.25) is 0 Å². The average molecular weight is 232 g/mol. The molecule has 3 heterocycles. The Balaban J connectivity index is 1.95. The van der Waals surface area contributed by atoms with E-state index in [1.807, 2.05) is 22.8 Å². The van der Waals surface area contributed by atoms with E-state index in [4.69, 9.17) is 10.5 Å². The van der Waals surface area contributed by atoms with Gasteiger partial charge in [-0.25, -0.2) is 9.50 Å². The summed E-state index contributed by atoms with van der Waals surface area (Å²) in [6.45, 7) is 2.13. The summed E-state index contributed by atoms with van der Waals surface area (Å²) >= 11 is 0. The normalized spacial score (nSPS) is 20.9. The Morgan fingerprint density at radius 1 is 1.53 bits per heavy atom. The Morgan fingerprint density at radius 3 is 3.24 bits per heavy atom. The third-order valence-corrected chi connectivity index (χ3v) is 3.18. The van der Waals surface area contributed by atoms with Gasteiger partial charge in [0.05, 0.1) is 6.61 Å². The third kappa shape index (κ3) is 2.03. The molecule has 2 aromatic rings. The van der Waals surface area contributed by atoms with Gasteiger partial charge in [-0.1, -0.05) is 0 Å². The van der Waals surface area contributed by atoms with Crippen molar-refractivity contribution in [1.29, 1.82) is 0 Å². The van der Waals surface area contributed by atoms with E-state index in [0.29, 0.717) is 12.5 Å². The molecule has 5 nitrogen and oxygen atoms in total. The van der Waals surface area contributed by atoms with E-state index < -0.39 is 0 Å². The predicted octanol–water partition coefficient (Wildman–Crippen LogP) is 1.08. The van der Waals surface area contributed by atoms with E-state index in [9.17, 15) is 0 Å². The number of nitrogens with zero attached hydrogens (tertiary/aromatic N) is 3. The molecule has 17 heavy (non-hydrogen) atoms. The van der Waals surface area contributed by atoms with E-state index in [0.717, 1.165) is 43.1 Å². The number of rotatable bonds is 2. The Labute approximate surface area is 99.6 Å². The van der Waals surface area contributed by atoms with E-state index in [1.165, 1.54) is 0 Å². The first-order chi connectivity index (χ1) is 8.36. The fourth-order valence-electron chi connectivity index (χ4n) is 2.19. The Hall–Kier alpha value is -1.46. The van der Waals surface area contributed by atoms with Crippen LogP contribution >= 0.6 is 0 Å². The zero-order valence-electron chi connectivity index (χ0n) is 9.67. The van der Waals surface area contributed by atoms with Crippen LogP contribution in [0.2, 0.25) is 0 Å². The van der Waals surface area contributed by atoms with E-state index >= 15 is 0 Å². The number of nitrogens with two attached hydrogens (primary N) is 1. The second kappa shape index (κ2) is 4.43. The summed E-state index contributed by atoms with van der Waals surface area (Å²) in [5.41, 5.74) is 7.56. The molecule has 1 saturated heterocycles. The molecule has 1 unspecified atom stereocenters. The van der Waals surface area contributed by atoms with Crippen molar-refractivity contribution in [2.24, 2.45) is 5.73 Å². The van der Waals surface area contributed by atoms with Crippen molar-refractivity contribution in [1.82, 2.24) is 14.6 Å². The van der Waals surface area contributed by atoms with Gasteiger partial charge in [0.15, 0.2) is 11.5 Å². The van der Waals surface area contributed by atoms with Gasteiger partial charge in [0.1, 0.15) is 0 Å². The van der Waals surface area contributed by atoms with Crippen LogP contribution < -0.4 is 5.73 Å². The molecule has 1 aliphatic rings. The van der Waals surface area contributed by atoms with Crippen molar-refractivity contribution in [2.75, 3.05) is 13.2 Å². The predicted molar refractivity (Wildman–Crippen MR) is 63.7 cm³/mol. The van der Waals surface area contributed by atoms with Crippen molar-refractivity contribution in [3.8, 4) is 0 Å². The molecule has 0 bridgehead atoms. The van der Waals surface area contributed by atoms with Crippen molar-refractivity contribution in [2.45, 2.75) is 25.3 Å². The molecule has 2 N–H and O–H groups in total.